The summed E-state index contributed by atoms with van der Waals surface area (Å²) < 4.78 is 0. The monoisotopic (exact) mass is 284 g/mol. The first-order valence-corrected chi connectivity index (χ1v) is 7.21. The molecule has 2 N–H and O–H groups in total. The molecule has 6 heteroatoms. The number of hydrogen-bond acceptors (Lipinski definition) is 3. The van der Waals surface area contributed by atoms with Crippen LogP contribution in [0.5, 0.6) is 0 Å². The van der Waals surface area contributed by atoms with Crippen molar-refractivity contribution in [1.82, 2.24) is 10.2 Å². The molecule has 2 amide bonds. The van der Waals surface area contributed by atoms with Crippen molar-refractivity contribution >= 4 is 17.8 Å². The number of amides is 2. The maximum atomic E-state index is 12.3. The summed E-state index contributed by atoms with van der Waals surface area (Å²) in [4.78, 5) is 36.8. The number of carbonyl (C=O) groups is 3. The lowest BCUT2D eigenvalue weighted by molar-refractivity contribution is -0.144. The second-order valence-electron chi connectivity index (χ2n) is 5.57. The van der Waals surface area contributed by atoms with E-state index < -0.39 is 18.1 Å². The van der Waals surface area contributed by atoms with Gasteiger partial charge in [0, 0.05) is 13.0 Å². The van der Waals surface area contributed by atoms with Crippen LogP contribution in [-0.4, -0.2) is 46.4 Å². The Bertz CT molecular complexity index is 381. The molecule has 0 radical (unpaired) electrons. The van der Waals surface area contributed by atoms with Gasteiger partial charge in [0.2, 0.25) is 11.8 Å². The van der Waals surface area contributed by atoms with Gasteiger partial charge in [-0.3, -0.25) is 9.59 Å². The van der Waals surface area contributed by atoms with Crippen molar-refractivity contribution in [3.05, 3.63) is 0 Å². The van der Waals surface area contributed by atoms with Crippen LogP contribution in [0.25, 0.3) is 0 Å². The number of carboxylic acid groups (broad SMARTS) is 1. The summed E-state index contributed by atoms with van der Waals surface area (Å²) in [5, 5.41) is 11.7. The van der Waals surface area contributed by atoms with E-state index in [4.69, 9.17) is 5.11 Å². The Hall–Kier alpha value is -1.59. The van der Waals surface area contributed by atoms with E-state index in [1.165, 1.54) is 0 Å². The standard InChI is InChI=1S/C14H24N2O4/c1-4-6-10(14(19)20)15-13(18)12(9(2)3)16-8-5-7-11(16)17/h9-10,12H,4-8H2,1-3H3,(H,15,18)(H,19,20). The predicted octanol–water partition coefficient (Wildman–Crippen LogP) is 1.00. The molecule has 1 saturated heterocycles. The van der Waals surface area contributed by atoms with Gasteiger partial charge in [0.15, 0.2) is 0 Å². The number of aliphatic carboxylic acids is 1. The van der Waals surface area contributed by atoms with Crippen LogP contribution in [0.15, 0.2) is 0 Å². The van der Waals surface area contributed by atoms with Gasteiger partial charge in [0.1, 0.15) is 12.1 Å². The van der Waals surface area contributed by atoms with E-state index in [1.807, 2.05) is 20.8 Å². The first kappa shape index (κ1) is 16.5. The van der Waals surface area contributed by atoms with Crippen LogP contribution in [0.1, 0.15) is 46.5 Å². The normalized spacial score (nSPS) is 18.2. The Morgan fingerprint density at radius 1 is 1.40 bits per heavy atom. The molecule has 0 aromatic heterocycles. The van der Waals surface area contributed by atoms with Gasteiger partial charge in [-0.05, 0) is 18.8 Å². The Morgan fingerprint density at radius 3 is 2.45 bits per heavy atom. The van der Waals surface area contributed by atoms with Gasteiger partial charge >= 0.3 is 5.97 Å². The average molecular weight is 284 g/mol. The second kappa shape index (κ2) is 7.26. The van der Waals surface area contributed by atoms with Crippen LogP contribution >= 0.6 is 0 Å². The smallest absolute Gasteiger partial charge is 0.326 e. The maximum Gasteiger partial charge on any atom is 0.326 e. The molecule has 1 heterocycles. The van der Waals surface area contributed by atoms with Crippen molar-refractivity contribution in [1.29, 1.82) is 0 Å². The summed E-state index contributed by atoms with van der Waals surface area (Å²) in [5.41, 5.74) is 0. The first-order chi connectivity index (χ1) is 9.38. The molecule has 0 spiro atoms. The van der Waals surface area contributed by atoms with Gasteiger partial charge in [-0.25, -0.2) is 4.79 Å². The molecule has 0 bridgehead atoms. The average Bonchev–Trinajstić information content (AvgIpc) is 2.75. The molecule has 0 aromatic carbocycles. The van der Waals surface area contributed by atoms with E-state index in [0.717, 1.165) is 6.42 Å². The number of nitrogens with one attached hydrogen (secondary N) is 1. The third-order valence-electron chi connectivity index (χ3n) is 3.54. The second-order valence-corrected chi connectivity index (χ2v) is 5.57. The van der Waals surface area contributed by atoms with E-state index in [9.17, 15) is 14.4 Å². The van der Waals surface area contributed by atoms with Crippen LogP contribution in [-0.2, 0) is 14.4 Å². The summed E-state index contributed by atoms with van der Waals surface area (Å²) in [5.74, 6) is -1.47. The fourth-order valence-electron chi connectivity index (χ4n) is 2.57. The van der Waals surface area contributed by atoms with Crippen molar-refractivity contribution in [2.75, 3.05) is 6.54 Å². The minimum Gasteiger partial charge on any atom is -0.480 e. The number of nitrogens with zero attached hydrogens (tertiary/aromatic N) is 1. The van der Waals surface area contributed by atoms with Crippen LogP contribution < -0.4 is 5.32 Å². The van der Waals surface area contributed by atoms with E-state index >= 15 is 0 Å². The van der Waals surface area contributed by atoms with Gasteiger partial charge in [0.25, 0.3) is 0 Å². The van der Waals surface area contributed by atoms with Crippen molar-refractivity contribution in [3.8, 4) is 0 Å². The topological polar surface area (TPSA) is 86.7 Å². The summed E-state index contributed by atoms with van der Waals surface area (Å²) in [7, 11) is 0. The zero-order valence-corrected chi connectivity index (χ0v) is 12.4. The molecule has 0 aromatic rings. The molecule has 1 aliphatic rings. The van der Waals surface area contributed by atoms with E-state index in [-0.39, 0.29) is 17.7 Å². The lowest BCUT2D eigenvalue weighted by atomic mass is 10.0. The van der Waals surface area contributed by atoms with Crippen LogP contribution in [0.3, 0.4) is 0 Å². The van der Waals surface area contributed by atoms with Crippen LogP contribution in [0, 0.1) is 5.92 Å². The number of hydrogen-bond donors (Lipinski definition) is 2. The number of likely N-dealkylation sites (tertiary alicyclic amines) is 1. The molecule has 2 unspecified atom stereocenters. The molecule has 0 aliphatic carbocycles. The molecule has 114 valence electrons. The molecule has 2 atom stereocenters. The molecule has 6 nitrogen and oxygen atoms in total. The van der Waals surface area contributed by atoms with Crippen molar-refractivity contribution < 1.29 is 19.5 Å². The fraction of sp³-hybridized carbons (Fsp3) is 0.786. The third-order valence-corrected chi connectivity index (χ3v) is 3.54. The molecular weight excluding hydrogens is 260 g/mol. The van der Waals surface area contributed by atoms with Crippen molar-refractivity contribution in [3.63, 3.8) is 0 Å². The number of carbonyl (C=O) groups excluding carboxylic acids is 2. The molecule has 1 rings (SSSR count). The molecule has 1 fully saturated rings. The van der Waals surface area contributed by atoms with Crippen molar-refractivity contribution in [2.24, 2.45) is 5.92 Å². The summed E-state index contributed by atoms with van der Waals surface area (Å²) in [6.45, 7) is 6.17. The van der Waals surface area contributed by atoms with Gasteiger partial charge in [-0.1, -0.05) is 27.2 Å². The van der Waals surface area contributed by atoms with Crippen LogP contribution in [0.2, 0.25) is 0 Å². The Kier molecular flexibility index (Phi) is 5.98. The Labute approximate surface area is 119 Å². The molecule has 1 aliphatic heterocycles. The molecule has 20 heavy (non-hydrogen) atoms. The van der Waals surface area contributed by atoms with Gasteiger partial charge < -0.3 is 15.3 Å². The van der Waals surface area contributed by atoms with E-state index in [0.29, 0.717) is 25.8 Å². The van der Waals surface area contributed by atoms with E-state index in [1.54, 1.807) is 4.90 Å². The Morgan fingerprint density at radius 2 is 2.05 bits per heavy atom. The summed E-state index contributed by atoms with van der Waals surface area (Å²) >= 11 is 0. The summed E-state index contributed by atoms with van der Waals surface area (Å²) in [6, 6.07) is -1.46. The molecular formula is C14H24N2O4. The highest BCUT2D eigenvalue weighted by Crippen LogP contribution is 2.19. The largest absolute Gasteiger partial charge is 0.480 e. The van der Waals surface area contributed by atoms with Crippen molar-refractivity contribution in [2.45, 2.75) is 58.5 Å². The highest BCUT2D eigenvalue weighted by molar-refractivity contribution is 5.91. The van der Waals surface area contributed by atoms with Gasteiger partial charge in [-0.15, -0.1) is 0 Å². The minimum atomic E-state index is -1.03. The first-order valence-electron chi connectivity index (χ1n) is 7.21. The quantitative estimate of drug-likeness (QED) is 0.730. The molecule has 0 saturated carbocycles. The minimum absolute atomic E-state index is 0.0267. The maximum absolute atomic E-state index is 12.3. The third kappa shape index (κ3) is 3.95. The Balaban J connectivity index is 2.78. The van der Waals surface area contributed by atoms with Gasteiger partial charge in [-0.2, -0.15) is 0 Å². The lowest BCUT2D eigenvalue weighted by Gasteiger charge is -2.30. The summed E-state index contributed by atoms with van der Waals surface area (Å²) in [6.07, 6.45) is 2.28. The zero-order valence-electron chi connectivity index (χ0n) is 12.4. The van der Waals surface area contributed by atoms with Gasteiger partial charge in [0.05, 0.1) is 0 Å². The number of rotatable bonds is 7. The zero-order chi connectivity index (χ0) is 15.3. The highest BCUT2D eigenvalue weighted by Gasteiger charge is 2.36. The fourth-order valence-corrected chi connectivity index (χ4v) is 2.57. The SMILES string of the molecule is CCCC(NC(=O)C(C(C)C)N1CCCC1=O)C(=O)O. The predicted molar refractivity (Wildman–Crippen MR) is 74.0 cm³/mol. The van der Waals surface area contributed by atoms with Crippen LogP contribution in [0.4, 0.5) is 0 Å². The number of carboxylic acids is 1. The highest BCUT2D eigenvalue weighted by atomic mass is 16.4. The lowest BCUT2D eigenvalue weighted by Crippen LogP contribution is -2.54. The van der Waals surface area contributed by atoms with E-state index in [2.05, 4.69) is 5.32 Å².